The third-order valence-corrected chi connectivity index (χ3v) is 5.21. The summed E-state index contributed by atoms with van der Waals surface area (Å²) in [4.78, 5) is 26.5. The minimum absolute atomic E-state index is 0.0513. The summed E-state index contributed by atoms with van der Waals surface area (Å²) >= 11 is 0. The largest absolute Gasteiger partial charge is 0.354 e. The zero-order chi connectivity index (χ0) is 20.4. The lowest BCUT2D eigenvalue weighted by atomic mass is 9.97. The number of nitrogens with zero attached hydrogens (tertiary/aromatic N) is 1. The van der Waals surface area contributed by atoms with Gasteiger partial charge in [0.1, 0.15) is 5.82 Å². The topological polar surface area (TPSA) is 61.4 Å². The first-order chi connectivity index (χ1) is 13.5. The third kappa shape index (κ3) is 7.43. The number of hydrogen-bond acceptors (Lipinski definition) is 3. The van der Waals surface area contributed by atoms with Crippen molar-refractivity contribution in [1.82, 2.24) is 15.5 Å². The van der Waals surface area contributed by atoms with E-state index in [4.69, 9.17) is 0 Å². The molecule has 2 N–H and O–H groups in total. The number of allylic oxidation sites excluding steroid dienone is 1. The van der Waals surface area contributed by atoms with Crippen molar-refractivity contribution in [2.45, 2.75) is 58.5 Å². The van der Waals surface area contributed by atoms with Crippen LogP contribution >= 0.6 is 0 Å². The van der Waals surface area contributed by atoms with E-state index in [1.54, 1.807) is 12.1 Å². The van der Waals surface area contributed by atoms with Gasteiger partial charge in [-0.3, -0.25) is 14.5 Å². The number of benzene rings is 1. The highest BCUT2D eigenvalue weighted by atomic mass is 19.1. The highest BCUT2D eigenvalue weighted by Crippen LogP contribution is 2.19. The Kier molecular flexibility index (Phi) is 9.14. The lowest BCUT2D eigenvalue weighted by Gasteiger charge is -2.26. The first-order valence-electron chi connectivity index (χ1n) is 10.2. The van der Waals surface area contributed by atoms with E-state index in [0.29, 0.717) is 19.6 Å². The first kappa shape index (κ1) is 22.1. The normalized spacial score (nSPS) is 15.1. The monoisotopic (exact) mass is 389 g/mol. The molecule has 1 atom stereocenters. The van der Waals surface area contributed by atoms with Gasteiger partial charge in [0.25, 0.3) is 0 Å². The summed E-state index contributed by atoms with van der Waals surface area (Å²) in [5.74, 6) is -0.505. The lowest BCUT2D eigenvalue weighted by molar-refractivity contribution is -0.128. The Bertz CT molecular complexity index is 673. The molecule has 6 heteroatoms. The van der Waals surface area contributed by atoms with Crippen molar-refractivity contribution in [3.63, 3.8) is 0 Å². The van der Waals surface area contributed by atoms with Crippen LogP contribution in [0.5, 0.6) is 0 Å². The summed E-state index contributed by atoms with van der Waals surface area (Å²) in [5.41, 5.74) is 2.27. The zero-order valence-corrected chi connectivity index (χ0v) is 17.0. The van der Waals surface area contributed by atoms with Crippen molar-refractivity contribution >= 4 is 11.8 Å². The molecule has 0 spiro atoms. The summed E-state index contributed by atoms with van der Waals surface area (Å²) in [5, 5.41) is 5.81. The van der Waals surface area contributed by atoms with Gasteiger partial charge < -0.3 is 10.6 Å². The van der Waals surface area contributed by atoms with E-state index >= 15 is 0 Å². The van der Waals surface area contributed by atoms with Crippen LogP contribution in [0.1, 0.15) is 51.5 Å². The number of carbonyl (C=O) groups is 2. The zero-order valence-electron chi connectivity index (χ0n) is 17.0. The number of nitrogens with one attached hydrogen (secondary N) is 2. The minimum Gasteiger partial charge on any atom is -0.354 e. The van der Waals surface area contributed by atoms with Gasteiger partial charge in [0.05, 0.1) is 12.6 Å². The quantitative estimate of drug-likeness (QED) is 0.604. The van der Waals surface area contributed by atoms with E-state index in [9.17, 15) is 14.0 Å². The molecule has 0 bridgehead atoms. The second-order valence-corrected chi connectivity index (χ2v) is 7.29. The van der Waals surface area contributed by atoms with E-state index in [-0.39, 0.29) is 30.2 Å². The van der Waals surface area contributed by atoms with Crippen LogP contribution < -0.4 is 10.6 Å². The van der Waals surface area contributed by atoms with Crippen molar-refractivity contribution in [3.05, 3.63) is 47.3 Å². The maximum Gasteiger partial charge on any atom is 0.237 e. The number of carbonyl (C=O) groups excluding carboxylic acids is 2. The van der Waals surface area contributed by atoms with Gasteiger partial charge in [0.15, 0.2) is 0 Å². The Balaban J connectivity index is 1.73. The molecule has 5 nitrogen and oxygen atoms in total. The van der Waals surface area contributed by atoms with E-state index in [1.165, 1.54) is 30.5 Å². The van der Waals surface area contributed by atoms with E-state index < -0.39 is 0 Å². The standard InChI is InChI=1S/C22H32FN3O2/c1-3-26(16-21(27)25-15-19-9-11-20(23)12-10-19)17(2)22(28)24-14-13-18-7-5-4-6-8-18/h7,9-12,17H,3-6,8,13-16H2,1-2H3,(H,24,28)(H,25,27). The van der Waals surface area contributed by atoms with Crippen LogP contribution in [0.2, 0.25) is 0 Å². The summed E-state index contributed by atoms with van der Waals surface area (Å²) in [6.45, 7) is 5.49. The van der Waals surface area contributed by atoms with Crippen LogP contribution in [0.25, 0.3) is 0 Å². The van der Waals surface area contributed by atoms with Crippen molar-refractivity contribution < 1.29 is 14.0 Å². The molecule has 1 unspecified atom stereocenters. The molecule has 0 aromatic heterocycles. The van der Waals surface area contributed by atoms with Crippen LogP contribution in [0.15, 0.2) is 35.9 Å². The Labute approximate surface area is 167 Å². The van der Waals surface area contributed by atoms with Crippen LogP contribution in [0.3, 0.4) is 0 Å². The van der Waals surface area contributed by atoms with Gasteiger partial charge >= 0.3 is 0 Å². The molecule has 154 valence electrons. The van der Waals surface area contributed by atoms with Crippen LogP contribution in [0.4, 0.5) is 4.39 Å². The molecule has 0 fully saturated rings. The van der Waals surface area contributed by atoms with Gasteiger partial charge in [0, 0.05) is 13.1 Å². The van der Waals surface area contributed by atoms with Crippen molar-refractivity contribution in [1.29, 1.82) is 0 Å². The van der Waals surface area contributed by atoms with E-state index in [2.05, 4.69) is 16.7 Å². The molecule has 0 radical (unpaired) electrons. The van der Waals surface area contributed by atoms with Crippen molar-refractivity contribution in [2.24, 2.45) is 0 Å². The molecular weight excluding hydrogens is 357 g/mol. The van der Waals surface area contributed by atoms with E-state index in [0.717, 1.165) is 24.8 Å². The Morgan fingerprint density at radius 3 is 2.57 bits per heavy atom. The maximum atomic E-state index is 12.9. The fourth-order valence-corrected chi connectivity index (χ4v) is 3.36. The number of hydrogen-bond donors (Lipinski definition) is 2. The molecule has 28 heavy (non-hydrogen) atoms. The summed E-state index contributed by atoms with van der Waals surface area (Å²) in [6, 6.07) is 5.66. The molecule has 2 amide bonds. The Morgan fingerprint density at radius 1 is 1.18 bits per heavy atom. The molecule has 0 heterocycles. The van der Waals surface area contributed by atoms with Gasteiger partial charge in [-0.15, -0.1) is 0 Å². The van der Waals surface area contributed by atoms with Crippen LogP contribution in [-0.4, -0.2) is 42.4 Å². The van der Waals surface area contributed by atoms with Gasteiger partial charge in [0.2, 0.25) is 11.8 Å². The highest BCUT2D eigenvalue weighted by molar-refractivity contribution is 5.83. The second-order valence-electron chi connectivity index (χ2n) is 7.29. The maximum absolute atomic E-state index is 12.9. The first-order valence-corrected chi connectivity index (χ1v) is 10.2. The molecule has 0 saturated heterocycles. The molecule has 1 aromatic carbocycles. The second kappa shape index (κ2) is 11.6. The van der Waals surface area contributed by atoms with Gasteiger partial charge in [-0.2, -0.15) is 0 Å². The predicted octanol–water partition coefficient (Wildman–Crippen LogP) is 3.16. The molecule has 1 aromatic rings. The molecule has 1 aliphatic rings. The van der Waals surface area contributed by atoms with Crippen molar-refractivity contribution in [3.8, 4) is 0 Å². The Hall–Kier alpha value is -2.21. The Morgan fingerprint density at radius 2 is 1.93 bits per heavy atom. The minimum atomic E-state index is -0.373. The number of amides is 2. The fourth-order valence-electron chi connectivity index (χ4n) is 3.36. The SMILES string of the molecule is CCN(CC(=O)NCc1ccc(F)cc1)C(C)C(=O)NCCC1=CCCCC1. The number of rotatable bonds is 10. The number of halogens is 1. The van der Waals surface area contributed by atoms with E-state index in [1.807, 2.05) is 18.7 Å². The summed E-state index contributed by atoms with van der Waals surface area (Å²) < 4.78 is 12.9. The summed E-state index contributed by atoms with van der Waals surface area (Å²) in [7, 11) is 0. The smallest absolute Gasteiger partial charge is 0.237 e. The predicted molar refractivity (Wildman–Crippen MR) is 109 cm³/mol. The molecular formula is C22H32FN3O2. The van der Waals surface area contributed by atoms with Crippen LogP contribution in [0, 0.1) is 5.82 Å². The number of likely N-dealkylation sites (N-methyl/N-ethyl adjacent to an activating group) is 1. The third-order valence-electron chi connectivity index (χ3n) is 5.21. The fraction of sp³-hybridized carbons (Fsp3) is 0.545. The van der Waals surface area contributed by atoms with Crippen molar-refractivity contribution in [2.75, 3.05) is 19.6 Å². The van der Waals surface area contributed by atoms with Gasteiger partial charge in [-0.1, -0.05) is 30.7 Å². The average Bonchev–Trinajstić information content (AvgIpc) is 2.71. The molecule has 0 aliphatic heterocycles. The average molecular weight is 390 g/mol. The van der Waals surface area contributed by atoms with Gasteiger partial charge in [-0.25, -0.2) is 4.39 Å². The highest BCUT2D eigenvalue weighted by Gasteiger charge is 2.21. The summed E-state index contributed by atoms with van der Waals surface area (Å²) in [6.07, 6.45) is 8.00. The van der Waals surface area contributed by atoms with Crippen LogP contribution in [-0.2, 0) is 16.1 Å². The molecule has 0 saturated carbocycles. The molecule has 2 rings (SSSR count). The van der Waals surface area contributed by atoms with Gasteiger partial charge in [-0.05, 0) is 63.3 Å². The molecule has 1 aliphatic carbocycles. The lowest BCUT2D eigenvalue weighted by Crippen LogP contribution is -2.48.